The van der Waals surface area contributed by atoms with Crippen LogP contribution >= 0.6 is 0 Å². The zero-order valence-electron chi connectivity index (χ0n) is 13.6. The summed E-state index contributed by atoms with van der Waals surface area (Å²) in [5, 5.41) is 9.48. The minimum atomic E-state index is -0.335. The summed E-state index contributed by atoms with van der Waals surface area (Å²) >= 11 is 0. The molecule has 0 aliphatic rings. The van der Waals surface area contributed by atoms with Crippen LogP contribution in [0.3, 0.4) is 0 Å². The highest BCUT2D eigenvalue weighted by atomic mass is 16.2. The molecule has 0 saturated carbocycles. The molecule has 1 aromatic carbocycles. The van der Waals surface area contributed by atoms with Gasteiger partial charge in [-0.05, 0) is 31.5 Å². The van der Waals surface area contributed by atoms with Crippen LogP contribution in [0.4, 0.5) is 10.7 Å². The third-order valence-corrected chi connectivity index (χ3v) is 3.58. The molecular formula is C16H19N7O. The van der Waals surface area contributed by atoms with Crippen molar-refractivity contribution in [2.75, 3.05) is 5.32 Å². The van der Waals surface area contributed by atoms with Gasteiger partial charge in [0.1, 0.15) is 12.2 Å². The number of amides is 2. The quantitative estimate of drug-likeness (QED) is 0.752. The molecule has 2 N–H and O–H groups in total. The predicted molar refractivity (Wildman–Crippen MR) is 89.9 cm³/mol. The van der Waals surface area contributed by atoms with E-state index in [4.69, 9.17) is 0 Å². The zero-order chi connectivity index (χ0) is 16.9. The Kier molecular flexibility index (Phi) is 4.55. The number of nitrogens with zero attached hydrogens (tertiary/aromatic N) is 5. The van der Waals surface area contributed by atoms with Gasteiger partial charge in [0.05, 0.1) is 0 Å². The highest BCUT2D eigenvalue weighted by Gasteiger charge is 2.06. The molecule has 0 atom stereocenters. The maximum atomic E-state index is 11.9. The Hall–Kier alpha value is -3.16. The number of carbonyl (C=O) groups is 1. The molecule has 0 spiro atoms. The third kappa shape index (κ3) is 3.60. The number of rotatable bonds is 5. The minimum absolute atomic E-state index is 0.292. The van der Waals surface area contributed by atoms with E-state index in [2.05, 4.69) is 25.7 Å². The minimum Gasteiger partial charge on any atom is -0.334 e. The molecule has 2 heterocycles. The van der Waals surface area contributed by atoms with Gasteiger partial charge in [-0.2, -0.15) is 0 Å². The molecule has 24 heavy (non-hydrogen) atoms. The lowest BCUT2D eigenvalue weighted by atomic mass is 10.2. The maximum absolute atomic E-state index is 11.9. The average Bonchev–Trinajstić information content (AvgIpc) is 3.22. The predicted octanol–water partition coefficient (Wildman–Crippen LogP) is 2.11. The standard InChI is InChI=1S/C16H19N7O/c1-3-22-11-19-15(21-22)20-16(24)18-10-13-4-6-14(7-5-13)23-9-8-17-12(23)2/h4-9,11H,3,10H2,1-2H3,(H2,18,20,21,24). The van der Waals surface area contributed by atoms with Gasteiger partial charge in [-0.1, -0.05) is 12.1 Å². The fourth-order valence-electron chi connectivity index (χ4n) is 2.26. The Balaban J connectivity index is 1.54. The van der Waals surface area contributed by atoms with Crippen LogP contribution in [-0.4, -0.2) is 30.3 Å². The first-order valence-electron chi connectivity index (χ1n) is 7.69. The van der Waals surface area contributed by atoms with Crippen molar-refractivity contribution in [1.29, 1.82) is 0 Å². The average molecular weight is 325 g/mol. The molecule has 124 valence electrons. The topological polar surface area (TPSA) is 89.7 Å². The molecule has 3 rings (SSSR count). The lowest BCUT2D eigenvalue weighted by Gasteiger charge is -2.08. The van der Waals surface area contributed by atoms with Crippen molar-refractivity contribution in [1.82, 2.24) is 29.6 Å². The van der Waals surface area contributed by atoms with Crippen molar-refractivity contribution in [3.8, 4) is 5.69 Å². The molecule has 0 bridgehead atoms. The van der Waals surface area contributed by atoms with Crippen molar-refractivity contribution in [2.24, 2.45) is 0 Å². The number of imidazole rings is 1. The number of nitrogens with one attached hydrogen (secondary N) is 2. The van der Waals surface area contributed by atoms with Gasteiger partial charge >= 0.3 is 6.03 Å². The summed E-state index contributed by atoms with van der Waals surface area (Å²) in [6, 6.07) is 7.60. The molecule has 3 aromatic rings. The molecular weight excluding hydrogens is 306 g/mol. The normalized spacial score (nSPS) is 10.6. The second kappa shape index (κ2) is 6.95. The Labute approximate surface area is 139 Å². The van der Waals surface area contributed by atoms with Gasteiger partial charge in [-0.3, -0.25) is 10.00 Å². The number of hydrogen-bond acceptors (Lipinski definition) is 4. The number of urea groups is 1. The molecule has 2 aromatic heterocycles. The van der Waals surface area contributed by atoms with E-state index in [1.165, 1.54) is 0 Å². The maximum Gasteiger partial charge on any atom is 0.321 e. The summed E-state index contributed by atoms with van der Waals surface area (Å²) in [7, 11) is 0. The Morgan fingerprint density at radius 2 is 2.00 bits per heavy atom. The Bertz CT molecular complexity index is 819. The molecule has 0 saturated heterocycles. The highest BCUT2D eigenvalue weighted by molar-refractivity contribution is 5.87. The van der Waals surface area contributed by atoms with Crippen LogP contribution in [0.25, 0.3) is 5.69 Å². The number of carbonyl (C=O) groups excluding carboxylic acids is 1. The summed E-state index contributed by atoms with van der Waals surface area (Å²) in [5.74, 6) is 1.22. The molecule has 0 unspecified atom stereocenters. The van der Waals surface area contributed by atoms with Crippen LogP contribution in [0.15, 0.2) is 43.0 Å². The number of hydrogen-bond donors (Lipinski definition) is 2. The van der Waals surface area contributed by atoms with E-state index in [0.29, 0.717) is 19.0 Å². The van der Waals surface area contributed by atoms with Crippen LogP contribution in [0.1, 0.15) is 18.3 Å². The number of benzene rings is 1. The van der Waals surface area contributed by atoms with Crippen LogP contribution in [0.2, 0.25) is 0 Å². The van der Waals surface area contributed by atoms with Crippen molar-refractivity contribution >= 4 is 12.0 Å². The molecule has 8 nitrogen and oxygen atoms in total. The molecule has 0 radical (unpaired) electrons. The third-order valence-electron chi connectivity index (χ3n) is 3.58. The first-order chi connectivity index (χ1) is 11.7. The fraction of sp³-hybridized carbons (Fsp3) is 0.250. The second-order valence-corrected chi connectivity index (χ2v) is 5.24. The molecule has 2 amide bonds. The summed E-state index contributed by atoms with van der Waals surface area (Å²) in [4.78, 5) is 20.1. The van der Waals surface area contributed by atoms with E-state index in [-0.39, 0.29) is 6.03 Å². The summed E-state index contributed by atoms with van der Waals surface area (Å²) in [5.41, 5.74) is 2.03. The van der Waals surface area contributed by atoms with E-state index in [1.54, 1.807) is 17.2 Å². The smallest absolute Gasteiger partial charge is 0.321 e. The fourth-order valence-corrected chi connectivity index (χ4v) is 2.26. The summed E-state index contributed by atoms with van der Waals surface area (Å²) < 4.78 is 3.64. The zero-order valence-corrected chi connectivity index (χ0v) is 13.6. The molecule has 0 aliphatic carbocycles. The monoisotopic (exact) mass is 325 g/mol. The van der Waals surface area contributed by atoms with Crippen LogP contribution in [0, 0.1) is 6.92 Å². The Morgan fingerprint density at radius 3 is 2.62 bits per heavy atom. The van der Waals surface area contributed by atoms with Gasteiger partial charge in [0.15, 0.2) is 0 Å². The van der Waals surface area contributed by atoms with Crippen LogP contribution in [-0.2, 0) is 13.1 Å². The van der Waals surface area contributed by atoms with E-state index in [1.807, 2.05) is 48.9 Å². The molecule has 8 heteroatoms. The van der Waals surface area contributed by atoms with Crippen molar-refractivity contribution in [3.05, 3.63) is 54.4 Å². The van der Waals surface area contributed by atoms with E-state index in [0.717, 1.165) is 17.1 Å². The summed E-state index contributed by atoms with van der Waals surface area (Å²) in [6.07, 6.45) is 5.26. The molecule has 0 fully saturated rings. The highest BCUT2D eigenvalue weighted by Crippen LogP contribution is 2.11. The van der Waals surface area contributed by atoms with Crippen molar-refractivity contribution in [2.45, 2.75) is 26.9 Å². The largest absolute Gasteiger partial charge is 0.334 e. The van der Waals surface area contributed by atoms with Crippen LogP contribution in [0.5, 0.6) is 0 Å². The number of aryl methyl sites for hydroxylation is 2. The van der Waals surface area contributed by atoms with Gasteiger partial charge in [-0.15, -0.1) is 5.10 Å². The first-order valence-corrected chi connectivity index (χ1v) is 7.69. The van der Waals surface area contributed by atoms with Crippen LogP contribution < -0.4 is 10.6 Å². The van der Waals surface area contributed by atoms with Crippen molar-refractivity contribution in [3.63, 3.8) is 0 Å². The van der Waals surface area contributed by atoms with E-state index < -0.39 is 0 Å². The first kappa shape index (κ1) is 15.7. The van der Waals surface area contributed by atoms with Gasteiger partial charge < -0.3 is 9.88 Å². The Morgan fingerprint density at radius 1 is 1.21 bits per heavy atom. The van der Waals surface area contributed by atoms with Crippen molar-refractivity contribution < 1.29 is 4.79 Å². The van der Waals surface area contributed by atoms with Gasteiger partial charge in [-0.25, -0.2) is 14.8 Å². The van der Waals surface area contributed by atoms with Gasteiger partial charge in [0.25, 0.3) is 0 Å². The second-order valence-electron chi connectivity index (χ2n) is 5.24. The lowest BCUT2D eigenvalue weighted by molar-refractivity contribution is 0.251. The van der Waals surface area contributed by atoms with E-state index >= 15 is 0 Å². The molecule has 0 aliphatic heterocycles. The SMILES string of the molecule is CCn1cnc(NC(=O)NCc2ccc(-n3ccnc3C)cc2)n1. The summed E-state index contributed by atoms with van der Waals surface area (Å²) in [6.45, 7) is 5.03. The van der Waals surface area contributed by atoms with Gasteiger partial charge in [0.2, 0.25) is 5.95 Å². The van der Waals surface area contributed by atoms with Gasteiger partial charge in [0, 0.05) is 31.2 Å². The lowest BCUT2D eigenvalue weighted by Crippen LogP contribution is -2.28. The number of aromatic nitrogens is 5. The van der Waals surface area contributed by atoms with E-state index in [9.17, 15) is 4.79 Å². The number of anilines is 1.